The van der Waals surface area contributed by atoms with Crippen molar-refractivity contribution in [3.63, 3.8) is 0 Å². The second-order valence-corrected chi connectivity index (χ2v) is 7.74. The highest BCUT2D eigenvalue weighted by Crippen LogP contribution is 2.30. The lowest BCUT2D eigenvalue weighted by Crippen LogP contribution is -2.19. The van der Waals surface area contributed by atoms with Gasteiger partial charge in [-0.1, -0.05) is 15.9 Å². The average Bonchev–Trinajstić information content (AvgIpc) is 2.98. The molecule has 1 aromatic heterocycles. The SMILES string of the molecule is Cc1cc(Br)ccc1N=C1NC(=O)/C(=C/c2cc(C)n(C)c2C)S1. The fraction of sp³-hybridized carbons (Fsp3) is 0.222. The lowest BCUT2D eigenvalue weighted by molar-refractivity contribution is -0.115. The first-order valence-corrected chi connectivity index (χ1v) is 9.15. The number of aryl methyl sites for hydroxylation is 2. The van der Waals surface area contributed by atoms with E-state index in [-0.39, 0.29) is 5.91 Å². The van der Waals surface area contributed by atoms with Gasteiger partial charge in [-0.25, -0.2) is 4.99 Å². The van der Waals surface area contributed by atoms with Gasteiger partial charge in [0.25, 0.3) is 5.91 Å². The van der Waals surface area contributed by atoms with E-state index in [2.05, 4.69) is 50.7 Å². The molecule has 0 saturated carbocycles. The summed E-state index contributed by atoms with van der Waals surface area (Å²) in [5.74, 6) is -0.102. The molecule has 4 nitrogen and oxygen atoms in total. The van der Waals surface area contributed by atoms with Crippen molar-refractivity contribution in [2.75, 3.05) is 0 Å². The summed E-state index contributed by atoms with van der Waals surface area (Å²) in [6.45, 7) is 6.11. The average molecular weight is 404 g/mol. The van der Waals surface area contributed by atoms with E-state index in [1.54, 1.807) is 0 Å². The number of halogens is 1. The summed E-state index contributed by atoms with van der Waals surface area (Å²) in [6, 6.07) is 7.98. The number of aliphatic imine (C=N–C) groups is 1. The van der Waals surface area contributed by atoms with Crippen molar-refractivity contribution in [2.24, 2.45) is 12.0 Å². The van der Waals surface area contributed by atoms with E-state index in [9.17, 15) is 4.79 Å². The first-order valence-electron chi connectivity index (χ1n) is 7.54. The highest BCUT2D eigenvalue weighted by atomic mass is 79.9. The van der Waals surface area contributed by atoms with Gasteiger partial charge in [-0.3, -0.25) is 4.79 Å². The van der Waals surface area contributed by atoms with Crippen LogP contribution < -0.4 is 5.32 Å². The molecule has 0 unspecified atom stereocenters. The van der Waals surface area contributed by atoms with E-state index in [1.807, 2.05) is 38.2 Å². The van der Waals surface area contributed by atoms with Crippen LogP contribution in [-0.4, -0.2) is 15.6 Å². The second-order valence-electron chi connectivity index (χ2n) is 5.80. The fourth-order valence-corrected chi connectivity index (χ4v) is 3.81. The molecular formula is C18H18BrN3OS. The summed E-state index contributed by atoms with van der Waals surface area (Å²) in [6.07, 6.45) is 1.93. The molecule has 1 aromatic carbocycles. The molecule has 0 radical (unpaired) electrons. The lowest BCUT2D eigenvalue weighted by Gasteiger charge is -2.01. The van der Waals surface area contributed by atoms with Crippen molar-refractivity contribution in [3.8, 4) is 0 Å². The molecule has 6 heteroatoms. The first kappa shape index (κ1) is 17.0. The number of nitrogens with zero attached hydrogens (tertiary/aromatic N) is 2. The molecule has 1 aliphatic rings. The Morgan fingerprint density at radius 2 is 2.00 bits per heavy atom. The van der Waals surface area contributed by atoms with Gasteiger partial charge in [-0.2, -0.15) is 0 Å². The van der Waals surface area contributed by atoms with E-state index < -0.39 is 0 Å². The molecule has 24 heavy (non-hydrogen) atoms. The zero-order valence-corrected chi connectivity index (χ0v) is 16.4. The Morgan fingerprint density at radius 1 is 1.25 bits per heavy atom. The summed E-state index contributed by atoms with van der Waals surface area (Å²) in [5.41, 5.74) is 5.28. The third-order valence-electron chi connectivity index (χ3n) is 4.13. The smallest absolute Gasteiger partial charge is 0.264 e. The highest BCUT2D eigenvalue weighted by Gasteiger charge is 2.24. The van der Waals surface area contributed by atoms with E-state index in [0.717, 1.165) is 27.0 Å². The van der Waals surface area contributed by atoms with Crippen LogP contribution >= 0.6 is 27.7 Å². The van der Waals surface area contributed by atoms with Crippen molar-refractivity contribution in [2.45, 2.75) is 20.8 Å². The standard InChI is InChI=1S/C18H18BrN3OS/c1-10-7-14(19)5-6-15(10)20-18-21-17(23)16(24-18)9-13-8-11(2)22(4)12(13)3/h5-9H,1-4H3,(H,20,21,23)/b16-9-. The zero-order chi connectivity index (χ0) is 17.4. The van der Waals surface area contributed by atoms with Gasteiger partial charge < -0.3 is 9.88 Å². The number of rotatable bonds is 2. The van der Waals surface area contributed by atoms with Crippen LogP contribution in [0.15, 0.2) is 38.6 Å². The van der Waals surface area contributed by atoms with E-state index in [4.69, 9.17) is 0 Å². The van der Waals surface area contributed by atoms with Gasteiger partial charge in [0, 0.05) is 22.9 Å². The number of amidine groups is 1. The molecule has 1 fully saturated rings. The first-order chi connectivity index (χ1) is 11.3. The van der Waals surface area contributed by atoms with Gasteiger partial charge in [0.2, 0.25) is 0 Å². The van der Waals surface area contributed by atoms with Crippen LogP contribution in [-0.2, 0) is 11.8 Å². The summed E-state index contributed by atoms with van der Waals surface area (Å²) >= 11 is 4.82. The number of amides is 1. The Bertz CT molecular complexity index is 896. The summed E-state index contributed by atoms with van der Waals surface area (Å²) in [4.78, 5) is 17.5. The highest BCUT2D eigenvalue weighted by molar-refractivity contribution is 9.10. The summed E-state index contributed by atoms with van der Waals surface area (Å²) < 4.78 is 3.13. The number of aromatic nitrogens is 1. The van der Waals surface area contributed by atoms with Gasteiger partial charge in [0.05, 0.1) is 10.6 Å². The van der Waals surface area contributed by atoms with Crippen molar-refractivity contribution in [1.29, 1.82) is 0 Å². The molecule has 1 aliphatic heterocycles. The topological polar surface area (TPSA) is 46.4 Å². The number of carbonyl (C=O) groups excluding carboxylic acids is 1. The van der Waals surface area contributed by atoms with Crippen LogP contribution in [0.1, 0.15) is 22.5 Å². The van der Waals surface area contributed by atoms with E-state index in [0.29, 0.717) is 10.1 Å². The Balaban J connectivity index is 1.89. The summed E-state index contributed by atoms with van der Waals surface area (Å²) in [7, 11) is 2.03. The third-order valence-corrected chi connectivity index (χ3v) is 5.54. The number of carbonyl (C=O) groups is 1. The molecular weight excluding hydrogens is 386 g/mol. The summed E-state index contributed by atoms with van der Waals surface area (Å²) in [5, 5.41) is 3.46. The number of nitrogens with one attached hydrogen (secondary N) is 1. The monoisotopic (exact) mass is 403 g/mol. The Labute approximate surface area is 154 Å². The Morgan fingerprint density at radius 3 is 2.62 bits per heavy atom. The van der Waals surface area contributed by atoms with E-state index >= 15 is 0 Å². The fourth-order valence-electron chi connectivity index (χ4n) is 2.51. The molecule has 1 amide bonds. The quantitative estimate of drug-likeness (QED) is 0.744. The van der Waals surface area contributed by atoms with Crippen molar-refractivity contribution >= 4 is 50.5 Å². The van der Waals surface area contributed by atoms with E-state index in [1.165, 1.54) is 17.5 Å². The van der Waals surface area contributed by atoms with Crippen LogP contribution in [0.3, 0.4) is 0 Å². The van der Waals surface area contributed by atoms with Gasteiger partial charge in [0.15, 0.2) is 5.17 Å². The van der Waals surface area contributed by atoms with Crippen LogP contribution in [0.2, 0.25) is 0 Å². The molecule has 0 atom stereocenters. The Hall–Kier alpha value is -1.79. The molecule has 3 rings (SSSR count). The molecule has 0 aliphatic carbocycles. The van der Waals surface area contributed by atoms with Crippen LogP contribution in [0.5, 0.6) is 0 Å². The molecule has 2 heterocycles. The molecule has 0 spiro atoms. The minimum Gasteiger partial charge on any atom is -0.352 e. The van der Waals surface area contributed by atoms with Crippen molar-refractivity contribution < 1.29 is 4.79 Å². The van der Waals surface area contributed by atoms with Crippen molar-refractivity contribution in [1.82, 2.24) is 9.88 Å². The maximum Gasteiger partial charge on any atom is 0.264 e. The van der Waals surface area contributed by atoms with Gasteiger partial charge in [0.1, 0.15) is 0 Å². The molecule has 2 aromatic rings. The van der Waals surface area contributed by atoms with Gasteiger partial charge in [-0.15, -0.1) is 0 Å². The lowest BCUT2D eigenvalue weighted by atomic mass is 10.2. The second kappa shape index (κ2) is 6.61. The minimum absolute atomic E-state index is 0.102. The number of benzene rings is 1. The maximum atomic E-state index is 12.2. The molecule has 1 saturated heterocycles. The van der Waals surface area contributed by atoms with Crippen molar-refractivity contribution in [3.05, 3.63) is 56.2 Å². The molecule has 124 valence electrons. The normalized spacial score (nSPS) is 17.8. The zero-order valence-electron chi connectivity index (χ0n) is 14.0. The largest absolute Gasteiger partial charge is 0.352 e. The minimum atomic E-state index is -0.102. The molecule has 1 N–H and O–H groups in total. The Kier molecular flexibility index (Phi) is 4.69. The number of thioether (sulfide) groups is 1. The third kappa shape index (κ3) is 3.35. The predicted molar refractivity (Wildman–Crippen MR) is 105 cm³/mol. The maximum absolute atomic E-state index is 12.2. The van der Waals surface area contributed by atoms with Crippen LogP contribution in [0.25, 0.3) is 6.08 Å². The number of hydrogen-bond acceptors (Lipinski definition) is 3. The number of hydrogen-bond donors (Lipinski definition) is 1. The van der Waals surface area contributed by atoms with Crippen LogP contribution in [0.4, 0.5) is 5.69 Å². The molecule has 0 bridgehead atoms. The van der Waals surface area contributed by atoms with Gasteiger partial charge in [-0.05, 0) is 74.0 Å². The predicted octanol–water partition coefficient (Wildman–Crippen LogP) is 4.60. The van der Waals surface area contributed by atoms with Gasteiger partial charge >= 0.3 is 0 Å². The van der Waals surface area contributed by atoms with Crippen LogP contribution in [0, 0.1) is 20.8 Å².